The van der Waals surface area contributed by atoms with Crippen LogP contribution in [0.25, 0.3) is 0 Å². The number of aromatic nitrogens is 3. The molecule has 0 aromatic carbocycles. The third-order valence-corrected chi connectivity index (χ3v) is 6.01. The number of amides is 1. The standard InChI is InChI=1S/C17H26N6O5S/c1-11(2)23-13(4)15(12(3)20-23)19-17-18-14(10-28-17)16(24)21-29(25,26)22-6-5-8-27-9-7-22/h10-11H,5-9H2,1-4H3,(H,18,19)(H,21,24). The molecule has 1 saturated heterocycles. The molecule has 0 radical (unpaired) electrons. The summed E-state index contributed by atoms with van der Waals surface area (Å²) in [6.45, 7) is 9.06. The van der Waals surface area contributed by atoms with Crippen molar-refractivity contribution in [2.45, 2.75) is 40.2 Å². The Balaban J connectivity index is 1.70. The molecular formula is C17H26N6O5S. The molecule has 0 unspecified atom stereocenters. The predicted molar refractivity (Wildman–Crippen MR) is 105 cm³/mol. The molecule has 0 aliphatic carbocycles. The molecule has 1 aliphatic heterocycles. The first kappa shape index (κ1) is 21.3. The zero-order valence-electron chi connectivity index (χ0n) is 16.9. The van der Waals surface area contributed by atoms with Crippen molar-refractivity contribution in [1.82, 2.24) is 23.8 Å². The maximum Gasteiger partial charge on any atom is 0.304 e. The van der Waals surface area contributed by atoms with Gasteiger partial charge in [-0.3, -0.25) is 9.48 Å². The van der Waals surface area contributed by atoms with Crippen molar-refractivity contribution < 1.29 is 22.4 Å². The number of rotatable bonds is 6. The number of hydrogen-bond donors (Lipinski definition) is 2. The molecule has 1 amide bonds. The van der Waals surface area contributed by atoms with Crippen molar-refractivity contribution in [3.63, 3.8) is 0 Å². The van der Waals surface area contributed by atoms with E-state index in [0.717, 1.165) is 23.3 Å². The Kier molecular flexibility index (Phi) is 6.24. The van der Waals surface area contributed by atoms with Crippen molar-refractivity contribution in [2.75, 3.05) is 31.6 Å². The van der Waals surface area contributed by atoms with E-state index in [1.165, 1.54) is 4.31 Å². The number of carbonyl (C=O) groups excluding carboxylic acids is 1. The molecule has 2 aromatic rings. The summed E-state index contributed by atoms with van der Waals surface area (Å²) in [5.41, 5.74) is 2.23. The van der Waals surface area contributed by atoms with Crippen LogP contribution in [-0.4, -0.2) is 59.7 Å². The van der Waals surface area contributed by atoms with Crippen LogP contribution >= 0.6 is 0 Å². The lowest BCUT2D eigenvalue weighted by molar-refractivity contribution is 0.0973. The van der Waals surface area contributed by atoms with Gasteiger partial charge in [-0.05, 0) is 34.1 Å². The molecular weight excluding hydrogens is 400 g/mol. The minimum absolute atomic E-state index is 0.0743. The van der Waals surface area contributed by atoms with Gasteiger partial charge in [-0.25, -0.2) is 4.72 Å². The fourth-order valence-corrected chi connectivity index (χ4v) is 4.24. The van der Waals surface area contributed by atoms with Crippen LogP contribution in [0, 0.1) is 13.8 Å². The summed E-state index contributed by atoms with van der Waals surface area (Å²) in [5.74, 6) is -0.863. The number of carbonyl (C=O) groups is 1. The average Bonchev–Trinajstić information content (AvgIpc) is 3.09. The van der Waals surface area contributed by atoms with Crippen LogP contribution in [-0.2, 0) is 14.9 Å². The van der Waals surface area contributed by atoms with Crippen LogP contribution in [0.1, 0.15) is 48.2 Å². The molecule has 12 heteroatoms. The van der Waals surface area contributed by atoms with E-state index in [1.807, 2.05) is 37.1 Å². The van der Waals surface area contributed by atoms with Crippen molar-refractivity contribution >= 4 is 27.8 Å². The van der Waals surface area contributed by atoms with Gasteiger partial charge in [0.05, 0.1) is 23.7 Å². The first-order chi connectivity index (χ1) is 13.7. The second kappa shape index (κ2) is 8.51. The third kappa shape index (κ3) is 4.77. The molecule has 11 nitrogen and oxygen atoms in total. The maximum atomic E-state index is 12.4. The fourth-order valence-electron chi connectivity index (χ4n) is 3.09. The number of nitrogens with one attached hydrogen (secondary N) is 2. The summed E-state index contributed by atoms with van der Waals surface area (Å²) in [6, 6.07) is 0.259. The molecule has 0 bridgehead atoms. The van der Waals surface area contributed by atoms with Crippen LogP contribution in [0.4, 0.5) is 11.7 Å². The lowest BCUT2D eigenvalue weighted by Crippen LogP contribution is -2.44. The zero-order chi connectivity index (χ0) is 21.2. The lowest BCUT2D eigenvalue weighted by Gasteiger charge is -2.18. The second-order valence-corrected chi connectivity index (χ2v) is 8.72. The van der Waals surface area contributed by atoms with Crippen LogP contribution < -0.4 is 10.0 Å². The largest absolute Gasteiger partial charge is 0.431 e. The second-order valence-electron chi connectivity index (χ2n) is 7.05. The Morgan fingerprint density at radius 3 is 2.69 bits per heavy atom. The Labute approximate surface area is 169 Å². The van der Waals surface area contributed by atoms with E-state index in [9.17, 15) is 13.2 Å². The van der Waals surface area contributed by atoms with Crippen LogP contribution in [0.2, 0.25) is 0 Å². The number of hydrogen-bond acceptors (Lipinski definition) is 8. The van der Waals surface area contributed by atoms with Gasteiger partial charge in [-0.15, -0.1) is 0 Å². The van der Waals surface area contributed by atoms with Gasteiger partial charge in [-0.2, -0.15) is 22.8 Å². The van der Waals surface area contributed by atoms with E-state index in [4.69, 9.17) is 9.15 Å². The molecule has 0 spiro atoms. The van der Waals surface area contributed by atoms with Gasteiger partial charge in [0.1, 0.15) is 6.26 Å². The van der Waals surface area contributed by atoms with E-state index in [1.54, 1.807) is 0 Å². The summed E-state index contributed by atoms with van der Waals surface area (Å²) in [6.07, 6.45) is 1.67. The fraction of sp³-hybridized carbons (Fsp3) is 0.588. The summed E-state index contributed by atoms with van der Waals surface area (Å²) >= 11 is 0. The van der Waals surface area contributed by atoms with E-state index in [2.05, 4.69) is 15.4 Å². The molecule has 0 atom stereocenters. The summed E-state index contributed by atoms with van der Waals surface area (Å²) < 4.78 is 40.5. The van der Waals surface area contributed by atoms with E-state index in [-0.39, 0.29) is 37.4 Å². The van der Waals surface area contributed by atoms with Crippen LogP contribution in [0.15, 0.2) is 10.7 Å². The van der Waals surface area contributed by atoms with Gasteiger partial charge in [0.2, 0.25) is 0 Å². The normalized spacial score (nSPS) is 16.0. The number of ether oxygens (including phenoxy) is 1. The number of anilines is 2. The quantitative estimate of drug-likeness (QED) is 0.710. The van der Waals surface area contributed by atoms with Crippen molar-refractivity contribution in [2.24, 2.45) is 0 Å². The maximum absolute atomic E-state index is 12.4. The lowest BCUT2D eigenvalue weighted by atomic mass is 10.3. The van der Waals surface area contributed by atoms with Gasteiger partial charge < -0.3 is 14.5 Å². The smallest absolute Gasteiger partial charge is 0.304 e. The monoisotopic (exact) mass is 426 g/mol. The van der Waals surface area contributed by atoms with Gasteiger partial charge in [0, 0.05) is 25.7 Å². The molecule has 160 valence electrons. The molecule has 29 heavy (non-hydrogen) atoms. The summed E-state index contributed by atoms with van der Waals surface area (Å²) in [7, 11) is -3.98. The first-order valence-electron chi connectivity index (χ1n) is 9.37. The molecule has 2 aromatic heterocycles. The van der Waals surface area contributed by atoms with Crippen molar-refractivity contribution in [1.29, 1.82) is 0 Å². The van der Waals surface area contributed by atoms with Crippen LogP contribution in [0.5, 0.6) is 0 Å². The number of aryl methyl sites for hydroxylation is 1. The third-order valence-electron chi connectivity index (χ3n) is 4.53. The molecule has 0 saturated carbocycles. The highest BCUT2D eigenvalue weighted by Crippen LogP contribution is 2.25. The van der Waals surface area contributed by atoms with E-state index >= 15 is 0 Å². The van der Waals surface area contributed by atoms with Gasteiger partial charge >= 0.3 is 10.2 Å². The SMILES string of the molecule is Cc1nn(C(C)C)c(C)c1Nc1nc(C(=O)NS(=O)(=O)N2CCCOCC2)co1. The van der Waals surface area contributed by atoms with Gasteiger partial charge in [-0.1, -0.05) is 0 Å². The number of oxazole rings is 1. The number of nitrogens with zero attached hydrogens (tertiary/aromatic N) is 4. The highest BCUT2D eigenvalue weighted by molar-refractivity contribution is 7.87. The molecule has 3 heterocycles. The Morgan fingerprint density at radius 1 is 1.24 bits per heavy atom. The zero-order valence-corrected chi connectivity index (χ0v) is 17.7. The minimum Gasteiger partial charge on any atom is -0.431 e. The minimum atomic E-state index is -3.98. The van der Waals surface area contributed by atoms with Gasteiger partial charge in [0.15, 0.2) is 5.69 Å². The topological polar surface area (TPSA) is 132 Å². The molecule has 1 fully saturated rings. The molecule has 1 aliphatic rings. The van der Waals surface area contributed by atoms with Crippen molar-refractivity contribution in [3.05, 3.63) is 23.3 Å². The molecule has 2 N–H and O–H groups in total. The highest BCUT2D eigenvalue weighted by atomic mass is 32.2. The Hall–Kier alpha value is -2.44. The Bertz CT molecular complexity index is 973. The van der Waals surface area contributed by atoms with Crippen molar-refractivity contribution in [3.8, 4) is 0 Å². The Morgan fingerprint density at radius 2 is 2.00 bits per heavy atom. The first-order valence-corrected chi connectivity index (χ1v) is 10.8. The summed E-state index contributed by atoms with van der Waals surface area (Å²) in [4.78, 5) is 16.4. The van der Waals surface area contributed by atoms with Gasteiger partial charge in [0.25, 0.3) is 11.9 Å². The van der Waals surface area contributed by atoms with E-state index < -0.39 is 16.1 Å². The summed E-state index contributed by atoms with van der Waals surface area (Å²) in [5, 5.41) is 7.47. The predicted octanol–water partition coefficient (Wildman–Crippen LogP) is 1.51. The van der Waals surface area contributed by atoms with Crippen LogP contribution in [0.3, 0.4) is 0 Å². The van der Waals surface area contributed by atoms with E-state index in [0.29, 0.717) is 13.0 Å². The molecule has 3 rings (SSSR count). The average molecular weight is 426 g/mol. The highest BCUT2D eigenvalue weighted by Gasteiger charge is 2.27.